The number of amides is 1. The number of carbonyl (C=O) groups is 2. The Morgan fingerprint density at radius 2 is 1.94 bits per heavy atom. The van der Waals surface area contributed by atoms with E-state index in [0.717, 1.165) is 5.56 Å². The first-order chi connectivity index (χ1) is 14.8. The van der Waals surface area contributed by atoms with Crippen molar-refractivity contribution >= 4 is 28.5 Å². The van der Waals surface area contributed by atoms with Gasteiger partial charge in [0.2, 0.25) is 0 Å². The highest BCUT2D eigenvalue weighted by Gasteiger charge is 2.20. The Hall–Kier alpha value is -3.68. The van der Waals surface area contributed by atoms with Gasteiger partial charge in [0.15, 0.2) is 6.10 Å². The number of nitrogens with zero attached hydrogens (tertiary/aromatic N) is 2. The van der Waals surface area contributed by atoms with Gasteiger partial charge in [-0.3, -0.25) is 19.0 Å². The van der Waals surface area contributed by atoms with Crippen molar-refractivity contribution in [2.75, 3.05) is 12.4 Å². The first-order valence-corrected chi connectivity index (χ1v) is 9.89. The molecular weight excluding hydrogens is 398 g/mol. The lowest BCUT2D eigenvalue weighted by molar-refractivity contribution is -0.153. The number of fused-ring (bicyclic) bond motifs is 1. The van der Waals surface area contributed by atoms with Gasteiger partial charge in [0.1, 0.15) is 11.6 Å². The van der Waals surface area contributed by atoms with Crippen molar-refractivity contribution in [2.45, 2.75) is 32.8 Å². The fourth-order valence-electron chi connectivity index (χ4n) is 3.16. The molecular formula is C23H25N3O5. The van der Waals surface area contributed by atoms with Crippen LogP contribution < -0.4 is 15.6 Å². The van der Waals surface area contributed by atoms with Gasteiger partial charge in [0.25, 0.3) is 11.5 Å². The van der Waals surface area contributed by atoms with Crippen LogP contribution >= 0.6 is 0 Å². The number of methoxy groups -OCH3 is 1. The molecule has 0 aliphatic carbocycles. The van der Waals surface area contributed by atoms with Crippen LogP contribution in [0.25, 0.3) is 10.9 Å². The summed E-state index contributed by atoms with van der Waals surface area (Å²) in [6.45, 7) is 3.40. The lowest BCUT2D eigenvalue weighted by Gasteiger charge is -2.16. The summed E-state index contributed by atoms with van der Waals surface area (Å²) in [4.78, 5) is 41.6. The normalized spacial score (nSPS) is 11.7. The third-order valence-electron chi connectivity index (χ3n) is 4.92. The lowest BCUT2D eigenvalue weighted by atomic mass is 10.2. The molecule has 0 unspecified atom stereocenters. The molecule has 1 heterocycles. The molecule has 8 nitrogen and oxygen atoms in total. The zero-order valence-corrected chi connectivity index (χ0v) is 18.0. The highest BCUT2D eigenvalue weighted by atomic mass is 16.5. The SMILES string of the molecule is COc1ccc(C)cc1NC(=O)[C@@H](C)OC(=O)CCc1nc2ccccc2c(=O)n1C. The van der Waals surface area contributed by atoms with E-state index in [4.69, 9.17) is 9.47 Å². The van der Waals surface area contributed by atoms with Crippen LogP contribution in [0.5, 0.6) is 5.75 Å². The predicted octanol–water partition coefficient (Wildman–Crippen LogP) is 2.75. The third-order valence-corrected chi connectivity index (χ3v) is 4.92. The summed E-state index contributed by atoms with van der Waals surface area (Å²) in [5, 5.41) is 3.24. The van der Waals surface area contributed by atoms with Gasteiger partial charge in [-0.2, -0.15) is 0 Å². The minimum absolute atomic E-state index is 0.00991. The molecule has 2 aromatic carbocycles. The Balaban J connectivity index is 1.61. The van der Waals surface area contributed by atoms with Crippen LogP contribution in [-0.4, -0.2) is 34.6 Å². The molecule has 0 spiro atoms. The van der Waals surface area contributed by atoms with Crippen molar-refractivity contribution in [3.8, 4) is 5.75 Å². The van der Waals surface area contributed by atoms with E-state index < -0.39 is 18.0 Å². The standard InChI is InChI=1S/C23H25N3O5/c1-14-9-10-19(30-4)18(13-14)25-22(28)15(2)31-21(27)12-11-20-24-17-8-6-5-7-16(17)23(29)26(20)3/h5-10,13,15H,11-12H2,1-4H3,(H,25,28)/t15-/m1/s1. The number of hydrogen-bond donors (Lipinski definition) is 1. The van der Waals surface area contributed by atoms with Crippen molar-refractivity contribution in [1.82, 2.24) is 9.55 Å². The number of para-hydroxylation sites is 1. The fourth-order valence-corrected chi connectivity index (χ4v) is 3.16. The van der Waals surface area contributed by atoms with Crippen molar-refractivity contribution < 1.29 is 19.1 Å². The number of benzene rings is 2. The Morgan fingerprint density at radius 1 is 1.19 bits per heavy atom. The van der Waals surface area contributed by atoms with Crippen LogP contribution in [0.1, 0.15) is 24.7 Å². The van der Waals surface area contributed by atoms with Gasteiger partial charge in [-0.15, -0.1) is 0 Å². The highest BCUT2D eigenvalue weighted by Crippen LogP contribution is 2.25. The predicted molar refractivity (Wildman–Crippen MR) is 117 cm³/mol. The second kappa shape index (κ2) is 9.42. The van der Waals surface area contributed by atoms with Gasteiger partial charge in [-0.1, -0.05) is 18.2 Å². The number of rotatable bonds is 7. The molecule has 162 valence electrons. The molecule has 3 aromatic rings. The number of anilines is 1. The lowest BCUT2D eigenvalue weighted by Crippen LogP contribution is -2.30. The molecule has 3 rings (SSSR count). The molecule has 1 N–H and O–H groups in total. The summed E-state index contributed by atoms with van der Waals surface area (Å²) in [6.07, 6.45) is -0.787. The van der Waals surface area contributed by atoms with E-state index in [2.05, 4.69) is 10.3 Å². The molecule has 8 heteroatoms. The summed E-state index contributed by atoms with van der Waals surface area (Å²) in [5.74, 6) is -0.0298. The van der Waals surface area contributed by atoms with Crippen LogP contribution in [0.2, 0.25) is 0 Å². The molecule has 0 bridgehead atoms. The number of carbonyl (C=O) groups excluding carboxylic acids is 2. The molecule has 0 aliphatic heterocycles. The molecule has 0 aliphatic rings. The Labute approximate surface area is 179 Å². The van der Waals surface area contributed by atoms with Crippen LogP contribution in [0.3, 0.4) is 0 Å². The minimum Gasteiger partial charge on any atom is -0.495 e. The van der Waals surface area contributed by atoms with Crippen LogP contribution in [0.15, 0.2) is 47.3 Å². The second-order valence-corrected chi connectivity index (χ2v) is 7.23. The van der Waals surface area contributed by atoms with Crippen LogP contribution in [0, 0.1) is 6.92 Å². The van der Waals surface area contributed by atoms with Gasteiger partial charge in [-0.25, -0.2) is 4.98 Å². The molecule has 1 amide bonds. The number of ether oxygens (including phenoxy) is 2. The van der Waals surface area contributed by atoms with Crippen molar-refractivity contribution in [1.29, 1.82) is 0 Å². The quantitative estimate of drug-likeness (QED) is 0.587. The van der Waals surface area contributed by atoms with E-state index in [1.165, 1.54) is 18.6 Å². The molecule has 0 fully saturated rings. The monoisotopic (exact) mass is 423 g/mol. The second-order valence-electron chi connectivity index (χ2n) is 7.23. The molecule has 31 heavy (non-hydrogen) atoms. The first kappa shape index (κ1) is 22.0. The van der Waals surface area contributed by atoms with Gasteiger partial charge in [0.05, 0.1) is 30.1 Å². The maximum atomic E-state index is 12.5. The molecule has 0 radical (unpaired) electrons. The number of aryl methyl sites for hydroxylation is 2. The number of esters is 1. The zero-order chi connectivity index (χ0) is 22.5. The van der Waals surface area contributed by atoms with Gasteiger partial charge < -0.3 is 14.8 Å². The summed E-state index contributed by atoms with van der Waals surface area (Å²) >= 11 is 0. The van der Waals surface area contributed by atoms with E-state index >= 15 is 0 Å². The smallest absolute Gasteiger partial charge is 0.307 e. The summed E-state index contributed by atoms with van der Waals surface area (Å²) in [7, 11) is 3.13. The molecule has 1 aromatic heterocycles. The third kappa shape index (κ3) is 5.09. The van der Waals surface area contributed by atoms with E-state index in [1.54, 1.807) is 43.4 Å². The minimum atomic E-state index is -0.994. The molecule has 0 saturated heterocycles. The maximum Gasteiger partial charge on any atom is 0.307 e. The van der Waals surface area contributed by atoms with Crippen LogP contribution in [-0.2, 0) is 27.8 Å². The summed E-state index contributed by atoms with van der Waals surface area (Å²) in [5.41, 5.74) is 1.86. The maximum absolute atomic E-state index is 12.5. The Morgan fingerprint density at radius 3 is 2.68 bits per heavy atom. The average molecular weight is 423 g/mol. The topological polar surface area (TPSA) is 99.5 Å². The summed E-state index contributed by atoms with van der Waals surface area (Å²) < 4.78 is 11.9. The van der Waals surface area contributed by atoms with Crippen molar-refractivity contribution in [3.05, 3.63) is 64.2 Å². The molecule has 1 atom stereocenters. The number of hydrogen-bond acceptors (Lipinski definition) is 6. The van der Waals surface area contributed by atoms with Gasteiger partial charge in [0, 0.05) is 13.5 Å². The fraction of sp³-hybridized carbons (Fsp3) is 0.304. The van der Waals surface area contributed by atoms with Crippen molar-refractivity contribution in [2.24, 2.45) is 7.05 Å². The zero-order valence-electron chi connectivity index (χ0n) is 18.0. The Bertz CT molecular complexity index is 1190. The van der Waals surface area contributed by atoms with Crippen LogP contribution in [0.4, 0.5) is 5.69 Å². The van der Waals surface area contributed by atoms with Gasteiger partial charge >= 0.3 is 5.97 Å². The number of aromatic nitrogens is 2. The van der Waals surface area contributed by atoms with Gasteiger partial charge in [-0.05, 0) is 43.7 Å². The summed E-state index contributed by atoms with van der Waals surface area (Å²) in [6, 6.07) is 12.4. The largest absolute Gasteiger partial charge is 0.495 e. The van der Waals surface area contributed by atoms with E-state index in [0.29, 0.717) is 28.2 Å². The van der Waals surface area contributed by atoms with E-state index in [-0.39, 0.29) is 18.4 Å². The van der Waals surface area contributed by atoms with Crippen molar-refractivity contribution in [3.63, 3.8) is 0 Å². The first-order valence-electron chi connectivity index (χ1n) is 9.89. The van der Waals surface area contributed by atoms with E-state index in [1.807, 2.05) is 13.0 Å². The highest BCUT2D eigenvalue weighted by molar-refractivity contribution is 5.96. The molecule has 0 saturated carbocycles. The Kier molecular flexibility index (Phi) is 6.69. The number of nitrogens with one attached hydrogen (secondary N) is 1. The van der Waals surface area contributed by atoms with E-state index in [9.17, 15) is 14.4 Å². The average Bonchev–Trinajstić information content (AvgIpc) is 2.75.